The van der Waals surface area contributed by atoms with Gasteiger partial charge < -0.3 is 9.80 Å². The highest BCUT2D eigenvalue weighted by atomic mass is 32.2. The topological polar surface area (TPSA) is 6.48 Å². The van der Waals surface area contributed by atoms with Crippen LogP contribution in [0.4, 0.5) is 34.1 Å². The molecule has 0 unspecified atom stereocenters. The van der Waals surface area contributed by atoms with Crippen LogP contribution in [0.25, 0.3) is 54.9 Å². The Kier molecular flexibility index (Phi) is 8.79. The van der Waals surface area contributed by atoms with Gasteiger partial charge >= 0.3 is 0 Å². The molecule has 0 bridgehead atoms. The summed E-state index contributed by atoms with van der Waals surface area (Å²) in [7, 11) is 0. The first-order valence-electron chi connectivity index (χ1n) is 20.1. The van der Waals surface area contributed by atoms with Crippen molar-refractivity contribution in [3.63, 3.8) is 0 Å². The lowest BCUT2D eigenvalue weighted by atomic mass is 9.96. The Hall–Kier alpha value is -7.33. The van der Waals surface area contributed by atoms with Gasteiger partial charge in [0.25, 0.3) is 0 Å². The van der Waals surface area contributed by atoms with E-state index >= 15 is 0 Å². The summed E-state index contributed by atoms with van der Waals surface area (Å²) in [5, 5.41) is 4.96. The number of hydrogen-bond donors (Lipinski definition) is 0. The number of fused-ring (bicyclic) bond motifs is 5. The van der Waals surface area contributed by atoms with Crippen molar-refractivity contribution in [3.8, 4) is 33.4 Å². The lowest BCUT2D eigenvalue weighted by molar-refractivity contribution is 1.18. The van der Waals surface area contributed by atoms with Gasteiger partial charge in [0.15, 0.2) is 0 Å². The average Bonchev–Trinajstić information content (AvgIpc) is 3.32. The summed E-state index contributed by atoms with van der Waals surface area (Å²) in [5.41, 5.74) is 14.1. The lowest BCUT2D eigenvalue weighted by Gasteiger charge is -2.34. The Morgan fingerprint density at radius 2 is 0.881 bits per heavy atom. The maximum Gasteiger partial charge on any atom is 0.0614 e. The summed E-state index contributed by atoms with van der Waals surface area (Å²) in [6, 6.07) is 83.5. The normalized spacial score (nSPS) is 12.0. The van der Waals surface area contributed by atoms with E-state index in [1.54, 1.807) is 0 Å². The minimum absolute atomic E-state index is 1.11. The van der Waals surface area contributed by atoms with Crippen LogP contribution in [-0.2, 0) is 0 Å². The molecule has 0 aliphatic carbocycles. The van der Waals surface area contributed by atoms with Gasteiger partial charge in [-0.1, -0.05) is 182 Å². The molecule has 0 atom stereocenters. The summed E-state index contributed by atoms with van der Waals surface area (Å²) in [6.45, 7) is 0. The first-order chi connectivity index (χ1) is 29.3. The van der Waals surface area contributed by atoms with Crippen LogP contribution in [0, 0.1) is 0 Å². The van der Waals surface area contributed by atoms with Crippen molar-refractivity contribution < 1.29 is 0 Å². The van der Waals surface area contributed by atoms with Gasteiger partial charge in [-0.3, -0.25) is 0 Å². The van der Waals surface area contributed by atoms with E-state index in [0.717, 1.165) is 22.7 Å². The Bertz CT molecular complexity index is 3100. The standard InChI is InChI=1S/C56H38N2S/c1-4-15-39(16-5-1)40-27-32-46(33-28-40)57(52-26-14-20-42-19-10-11-23-48(42)52)47-34-29-41(30-35-47)44-31-36-53-55(37-44)59-56-50-25-13-12-24-49(50)51(43-17-6-2-7-18-43)38-54(56)58(53)45-21-8-3-9-22-45/h1-38H. The van der Waals surface area contributed by atoms with Gasteiger partial charge in [0.05, 0.1) is 17.1 Å². The van der Waals surface area contributed by atoms with Crippen molar-refractivity contribution in [2.24, 2.45) is 0 Å². The maximum atomic E-state index is 2.44. The number of benzene rings is 10. The molecule has 0 saturated carbocycles. The third-order valence-corrected chi connectivity index (χ3v) is 12.6. The SMILES string of the molecule is c1ccc(-c2ccc(N(c3ccc(-c4ccc5c(c4)Sc4c(cc(-c6ccccc6)c6ccccc46)N5c4ccccc4)cc3)c3cccc4ccccc34)cc2)cc1. The van der Waals surface area contributed by atoms with Gasteiger partial charge in [0.2, 0.25) is 0 Å². The number of anilines is 6. The zero-order valence-electron chi connectivity index (χ0n) is 32.2. The fraction of sp³-hybridized carbons (Fsp3) is 0. The van der Waals surface area contributed by atoms with Gasteiger partial charge in [-0.15, -0.1) is 0 Å². The van der Waals surface area contributed by atoms with Gasteiger partial charge in [-0.25, -0.2) is 0 Å². The second kappa shape index (κ2) is 14.9. The molecule has 0 radical (unpaired) electrons. The van der Waals surface area contributed by atoms with E-state index in [1.807, 2.05) is 11.8 Å². The van der Waals surface area contributed by atoms with Crippen molar-refractivity contribution >= 4 is 67.4 Å². The van der Waals surface area contributed by atoms with Crippen LogP contribution in [0.3, 0.4) is 0 Å². The molecule has 0 N–H and O–H groups in total. The zero-order valence-corrected chi connectivity index (χ0v) is 33.1. The monoisotopic (exact) mass is 770 g/mol. The van der Waals surface area contributed by atoms with E-state index in [4.69, 9.17) is 0 Å². The summed E-state index contributed by atoms with van der Waals surface area (Å²) in [4.78, 5) is 7.33. The molecule has 3 heteroatoms. The van der Waals surface area contributed by atoms with Crippen LogP contribution in [0.5, 0.6) is 0 Å². The molecule has 0 amide bonds. The molecule has 278 valence electrons. The van der Waals surface area contributed by atoms with Gasteiger partial charge in [0.1, 0.15) is 0 Å². The van der Waals surface area contributed by atoms with E-state index < -0.39 is 0 Å². The number of rotatable bonds is 7. The molecule has 2 nitrogen and oxygen atoms in total. The van der Waals surface area contributed by atoms with Gasteiger partial charge in [-0.05, 0) is 110 Å². The Labute approximate surface area is 349 Å². The van der Waals surface area contributed by atoms with E-state index in [0.29, 0.717) is 0 Å². The molecule has 0 saturated heterocycles. The third kappa shape index (κ3) is 6.33. The molecule has 0 fully saturated rings. The quantitative estimate of drug-likeness (QED) is 0.159. The van der Waals surface area contributed by atoms with Gasteiger partial charge in [0, 0.05) is 32.2 Å². The second-order valence-electron chi connectivity index (χ2n) is 14.9. The van der Waals surface area contributed by atoms with Crippen LogP contribution in [0.2, 0.25) is 0 Å². The highest BCUT2D eigenvalue weighted by molar-refractivity contribution is 8.00. The minimum atomic E-state index is 1.11. The molecule has 1 aliphatic heterocycles. The van der Waals surface area contributed by atoms with Crippen LogP contribution in [0.15, 0.2) is 240 Å². The lowest BCUT2D eigenvalue weighted by Crippen LogP contribution is -2.15. The number of hydrogen-bond acceptors (Lipinski definition) is 3. The summed E-state index contributed by atoms with van der Waals surface area (Å²) in [5.74, 6) is 0. The van der Waals surface area contributed by atoms with Crippen molar-refractivity contribution in [2.45, 2.75) is 9.79 Å². The highest BCUT2D eigenvalue weighted by Gasteiger charge is 2.28. The average molecular weight is 771 g/mol. The summed E-state index contributed by atoms with van der Waals surface area (Å²) in [6.07, 6.45) is 0. The van der Waals surface area contributed by atoms with Crippen molar-refractivity contribution in [1.82, 2.24) is 0 Å². The molecule has 0 spiro atoms. The van der Waals surface area contributed by atoms with Crippen LogP contribution >= 0.6 is 11.8 Å². The fourth-order valence-corrected chi connectivity index (χ4v) is 9.80. The first-order valence-corrected chi connectivity index (χ1v) is 20.9. The number of para-hydroxylation sites is 1. The predicted molar refractivity (Wildman–Crippen MR) is 251 cm³/mol. The molecule has 0 aromatic heterocycles. The van der Waals surface area contributed by atoms with Crippen molar-refractivity contribution in [1.29, 1.82) is 0 Å². The Morgan fingerprint density at radius 1 is 0.356 bits per heavy atom. The molecular formula is C56H38N2S. The second-order valence-corrected chi connectivity index (χ2v) is 16.0. The van der Waals surface area contributed by atoms with Crippen molar-refractivity contribution in [3.05, 3.63) is 231 Å². The van der Waals surface area contributed by atoms with E-state index in [2.05, 4.69) is 240 Å². The molecule has 10 aromatic rings. The Balaban J connectivity index is 1.00. The molecular weight excluding hydrogens is 733 g/mol. The first kappa shape index (κ1) is 34.9. The third-order valence-electron chi connectivity index (χ3n) is 11.4. The van der Waals surface area contributed by atoms with E-state index in [9.17, 15) is 0 Å². The van der Waals surface area contributed by atoms with Crippen LogP contribution in [-0.4, -0.2) is 0 Å². The molecule has 59 heavy (non-hydrogen) atoms. The smallest absolute Gasteiger partial charge is 0.0614 e. The summed E-state index contributed by atoms with van der Waals surface area (Å²) >= 11 is 1.88. The molecule has 1 aliphatic rings. The zero-order chi connectivity index (χ0) is 39.1. The summed E-state index contributed by atoms with van der Waals surface area (Å²) < 4.78 is 0. The highest BCUT2D eigenvalue weighted by Crippen LogP contribution is 2.56. The molecule has 1 heterocycles. The van der Waals surface area contributed by atoms with Crippen LogP contribution < -0.4 is 9.80 Å². The predicted octanol–water partition coefficient (Wildman–Crippen LogP) is 16.4. The maximum absolute atomic E-state index is 2.44. The molecule has 11 rings (SSSR count). The van der Waals surface area contributed by atoms with E-state index in [1.165, 1.54) is 76.1 Å². The Morgan fingerprint density at radius 3 is 1.58 bits per heavy atom. The van der Waals surface area contributed by atoms with Crippen molar-refractivity contribution in [2.75, 3.05) is 9.80 Å². The van der Waals surface area contributed by atoms with E-state index in [-0.39, 0.29) is 0 Å². The fourth-order valence-electron chi connectivity index (χ4n) is 8.59. The molecule has 10 aromatic carbocycles. The van der Waals surface area contributed by atoms with Gasteiger partial charge in [-0.2, -0.15) is 0 Å². The van der Waals surface area contributed by atoms with Crippen LogP contribution in [0.1, 0.15) is 0 Å². The largest absolute Gasteiger partial charge is 0.310 e. The number of nitrogens with zero attached hydrogens (tertiary/aromatic N) is 2. The minimum Gasteiger partial charge on any atom is -0.310 e.